The van der Waals surface area contributed by atoms with Gasteiger partial charge in [0.2, 0.25) is 0 Å². The molecule has 0 radical (unpaired) electrons. The van der Waals surface area contributed by atoms with Gasteiger partial charge in [0.1, 0.15) is 11.9 Å². The van der Waals surface area contributed by atoms with E-state index in [0.29, 0.717) is 43.9 Å². The molecule has 0 aromatic carbocycles. The summed E-state index contributed by atoms with van der Waals surface area (Å²) >= 11 is 0. The predicted molar refractivity (Wildman–Crippen MR) is 87.0 cm³/mol. The predicted octanol–water partition coefficient (Wildman–Crippen LogP) is 1.75. The Morgan fingerprint density at radius 2 is 2.08 bits per heavy atom. The monoisotopic (exact) mass is 347 g/mol. The number of ether oxygens (including phenoxy) is 1. The molecule has 4 rings (SSSR count). The normalized spacial score (nSPS) is 21.8. The quantitative estimate of drug-likeness (QED) is 0.840. The second-order valence-corrected chi connectivity index (χ2v) is 6.57. The van der Waals surface area contributed by atoms with E-state index in [0.717, 1.165) is 12.8 Å². The minimum Gasteiger partial charge on any atom is -0.469 e. The molecule has 0 bridgehead atoms. The highest BCUT2D eigenvalue weighted by Crippen LogP contribution is 2.26. The van der Waals surface area contributed by atoms with E-state index in [1.165, 1.54) is 4.68 Å². The van der Waals surface area contributed by atoms with Crippen LogP contribution in [0.4, 0.5) is 0 Å². The lowest BCUT2D eigenvalue weighted by Gasteiger charge is -2.32. The molecule has 4 heterocycles. The lowest BCUT2D eigenvalue weighted by atomic mass is 10.0. The Hall–Kier alpha value is -2.35. The van der Waals surface area contributed by atoms with Crippen LogP contribution >= 0.6 is 0 Å². The standard InChI is InChI=1S/C17H21N3O5/c1-11-13(6-10-23-11)15-18-20(17(22)25-15)12-4-7-19(8-5-12)16(21)14-3-2-9-24-14/h6,10,12,14H,2-5,7-9H2,1H3. The number of aryl methyl sites for hydroxylation is 1. The summed E-state index contributed by atoms with van der Waals surface area (Å²) in [6, 6.07) is 1.67. The highest BCUT2D eigenvalue weighted by atomic mass is 16.5. The second-order valence-electron chi connectivity index (χ2n) is 6.57. The van der Waals surface area contributed by atoms with Crippen molar-refractivity contribution < 1.29 is 18.4 Å². The summed E-state index contributed by atoms with van der Waals surface area (Å²) in [4.78, 5) is 26.4. The van der Waals surface area contributed by atoms with Crippen LogP contribution in [0.25, 0.3) is 11.5 Å². The van der Waals surface area contributed by atoms with Crippen LogP contribution in [0.2, 0.25) is 0 Å². The van der Waals surface area contributed by atoms with Crippen molar-refractivity contribution in [1.82, 2.24) is 14.7 Å². The maximum Gasteiger partial charge on any atom is 0.437 e. The molecule has 8 nitrogen and oxygen atoms in total. The zero-order valence-corrected chi connectivity index (χ0v) is 14.1. The van der Waals surface area contributed by atoms with Crippen molar-refractivity contribution in [2.24, 2.45) is 0 Å². The van der Waals surface area contributed by atoms with E-state index < -0.39 is 5.76 Å². The van der Waals surface area contributed by atoms with E-state index in [1.807, 2.05) is 4.90 Å². The fourth-order valence-electron chi connectivity index (χ4n) is 3.54. The number of rotatable bonds is 3. The van der Waals surface area contributed by atoms with Gasteiger partial charge in [-0.1, -0.05) is 0 Å². The van der Waals surface area contributed by atoms with Gasteiger partial charge in [0.15, 0.2) is 0 Å². The van der Waals surface area contributed by atoms with Crippen LogP contribution in [0.3, 0.4) is 0 Å². The molecule has 2 aromatic heterocycles. The number of carbonyl (C=O) groups is 1. The Bertz CT molecular complexity index is 806. The van der Waals surface area contributed by atoms with E-state index in [1.54, 1.807) is 19.3 Å². The third-order valence-corrected chi connectivity index (χ3v) is 4.99. The van der Waals surface area contributed by atoms with Crippen LogP contribution in [-0.2, 0) is 9.53 Å². The van der Waals surface area contributed by atoms with Crippen molar-refractivity contribution in [2.45, 2.75) is 44.8 Å². The van der Waals surface area contributed by atoms with Crippen LogP contribution in [0.5, 0.6) is 0 Å². The molecule has 1 atom stereocenters. The summed E-state index contributed by atoms with van der Waals surface area (Å²) in [7, 11) is 0. The molecule has 1 amide bonds. The van der Waals surface area contributed by atoms with Crippen LogP contribution in [0.1, 0.15) is 37.5 Å². The average Bonchev–Trinajstić information content (AvgIpc) is 3.35. The Morgan fingerprint density at radius 1 is 1.28 bits per heavy atom. The largest absolute Gasteiger partial charge is 0.469 e. The van der Waals surface area contributed by atoms with Gasteiger partial charge in [-0.15, -0.1) is 5.10 Å². The first-order valence-electron chi connectivity index (χ1n) is 8.68. The maximum absolute atomic E-state index is 12.4. The number of likely N-dealkylation sites (tertiary alicyclic amines) is 1. The molecular weight excluding hydrogens is 326 g/mol. The highest BCUT2D eigenvalue weighted by Gasteiger charge is 2.32. The topological polar surface area (TPSA) is 90.7 Å². The van der Waals surface area contributed by atoms with Gasteiger partial charge in [0.05, 0.1) is 17.9 Å². The highest BCUT2D eigenvalue weighted by molar-refractivity contribution is 5.81. The van der Waals surface area contributed by atoms with Gasteiger partial charge in [-0.3, -0.25) is 4.79 Å². The fraction of sp³-hybridized carbons (Fsp3) is 0.588. The van der Waals surface area contributed by atoms with Crippen molar-refractivity contribution in [3.8, 4) is 11.5 Å². The van der Waals surface area contributed by atoms with Gasteiger partial charge in [-0.25, -0.2) is 4.79 Å². The van der Waals surface area contributed by atoms with E-state index in [-0.39, 0.29) is 23.9 Å². The minimum absolute atomic E-state index is 0.0641. The number of piperidine rings is 1. The van der Waals surface area contributed by atoms with E-state index in [4.69, 9.17) is 13.6 Å². The van der Waals surface area contributed by atoms with Crippen LogP contribution < -0.4 is 5.76 Å². The third-order valence-electron chi connectivity index (χ3n) is 4.99. The Kier molecular flexibility index (Phi) is 4.20. The Morgan fingerprint density at radius 3 is 2.72 bits per heavy atom. The molecule has 0 saturated carbocycles. The maximum atomic E-state index is 12.4. The van der Waals surface area contributed by atoms with E-state index >= 15 is 0 Å². The number of furan rings is 1. The zero-order valence-electron chi connectivity index (χ0n) is 14.1. The molecule has 2 aliphatic rings. The van der Waals surface area contributed by atoms with E-state index in [2.05, 4.69) is 5.10 Å². The number of amides is 1. The summed E-state index contributed by atoms with van der Waals surface area (Å²) in [5, 5.41) is 4.33. The van der Waals surface area contributed by atoms with Gasteiger partial charge >= 0.3 is 5.76 Å². The molecule has 0 spiro atoms. The lowest BCUT2D eigenvalue weighted by Crippen LogP contribution is -2.44. The summed E-state index contributed by atoms with van der Waals surface area (Å²) in [6.07, 6.45) is 4.34. The first-order chi connectivity index (χ1) is 12.1. The molecule has 0 aliphatic carbocycles. The summed E-state index contributed by atoms with van der Waals surface area (Å²) in [5.74, 6) is 0.525. The summed E-state index contributed by atoms with van der Waals surface area (Å²) in [6.45, 7) is 3.66. The number of hydrogen-bond acceptors (Lipinski definition) is 6. The molecule has 25 heavy (non-hydrogen) atoms. The number of carbonyl (C=O) groups excluding carboxylic acids is 1. The first-order valence-corrected chi connectivity index (χ1v) is 8.68. The molecule has 8 heteroatoms. The lowest BCUT2D eigenvalue weighted by molar-refractivity contribution is -0.142. The smallest absolute Gasteiger partial charge is 0.437 e. The fourth-order valence-corrected chi connectivity index (χ4v) is 3.54. The van der Waals surface area contributed by atoms with E-state index in [9.17, 15) is 9.59 Å². The second kappa shape index (κ2) is 6.51. The number of nitrogens with zero attached hydrogens (tertiary/aromatic N) is 3. The van der Waals surface area contributed by atoms with Gasteiger partial charge in [0, 0.05) is 19.7 Å². The van der Waals surface area contributed by atoms with Gasteiger partial charge in [-0.05, 0) is 38.7 Å². The molecule has 2 aromatic rings. The molecule has 2 aliphatic heterocycles. The van der Waals surface area contributed by atoms with Crippen molar-refractivity contribution in [1.29, 1.82) is 0 Å². The van der Waals surface area contributed by atoms with Gasteiger partial charge in [0.25, 0.3) is 11.8 Å². The Balaban J connectivity index is 1.44. The SMILES string of the molecule is Cc1occc1-c1nn(C2CCN(C(=O)C3CCCO3)CC2)c(=O)o1. The molecular formula is C17H21N3O5. The van der Waals surface area contributed by atoms with Crippen molar-refractivity contribution in [2.75, 3.05) is 19.7 Å². The Labute approximate surface area is 144 Å². The number of hydrogen-bond donors (Lipinski definition) is 0. The minimum atomic E-state index is -0.473. The van der Waals surface area contributed by atoms with Crippen molar-refractivity contribution >= 4 is 5.91 Å². The zero-order chi connectivity index (χ0) is 17.4. The van der Waals surface area contributed by atoms with Crippen LogP contribution in [0, 0.1) is 6.92 Å². The molecule has 1 unspecified atom stereocenters. The molecule has 2 fully saturated rings. The summed E-state index contributed by atoms with van der Waals surface area (Å²) < 4.78 is 17.4. The van der Waals surface area contributed by atoms with Crippen molar-refractivity contribution in [3.63, 3.8) is 0 Å². The molecule has 0 N–H and O–H groups in total. The first kappa shape index (κ1) is 16.1. The van der Waals surface area contributed by atoms with Crippen LogP contribution in [0.15, 0.2) is 26.0 Å². The third kappa shape index (κ3) is 3.02. The van der Waals surface area contributed by atoms with Gasteiger partial charge in [-0.2, -0.15) is 4.68 Å². The van der Waals surface area contributed by atoms with Crippen LogP contribution in [-0.4, -0.2) is 46.4 Å². The van der Waals surface area contributed by atoms with Gasteiger partial charge < -0.3 is 18.5 Å². The molecule has 134 valence electrons. The van der Waals surface area contributed by atoms with Crippen molar-refractivity contribution in [3.05, 3.63) is 28.6 Å². The molecule has 2 saturated heterocycles. The average molecular weight is 347 g/mol. The summed E-state index contributed by atoms with van der Waals surface area (Å²) in [5.41, 5.74) is 0.682. The number of aromatic nitrogens is 2.